The van der Waals surface area contributed by atoms with Gasteiger partial charge in [-0.2, -0.15) is 5.10 Å². The summed E-state index contributed by atoms with van der Waals surface area (Å²) < 4.78 is 5.36. The number of carbonyl (C=O) groups excluding carboxylic acids is 1. The van der Waals surface area contributed by atoms with Crippen molar-refractivity contribution in [2.45, 2.75) is 20.3 Å². The highest BCUT2D eigenvalue weighted by molar-refractivity contribution is 5.90. The minimum atomic E-state index is -0.0878. The van der Waals surface area contributed by atoms with Crippen LogP contribution in [0.2, 0.25) is 0 Å². The molecule has 2 aromatic heterocycles. The van der Waals surface area contributed by atoms with E-state index < -0.39 is 0 Å². The SMILES string of the molecule is Cc1ccc(/C=C/c2nc(NC(=O)CCN3CCOCC3)cc(Nc3cc(C)[nH]n3)n2)cc1. The topological polar surface area (TPSA) is 108 Å². The van der Waals surface area contributed by atoms with Crippen molar-refractivity contribution in [1.82, 2.24) is 25.1 Å². The van der Waals surface area contributed by atoms with E-state index in [0.29, 0.717) is 49.5 Å². The van der Waals surface area contributed by atoms with Crippen LogP contribution in [-0.4, -0.2) is 63.8 Å². The third-order valence-corrected chi connectivity index (χ3v) is 5.23. The number of morpholine rings is 1. The molecule has 1 saturated heterocycles. The van der Waals surface area contributed by atoms with Crippen molar-refractivity contribution in [3.05, 3.63) is 59.0 Å². The van der Waals surface area contributed by atoms with Crippen molar-refractivity contribution < 1.29 is 9.53 Å². The molecular weight excluding hydrogens is 418 g/mol. The summed E-state index contributed by atoms with van der Waals surface area (Å²) >= 11 is 0. The standard InChI is InChI=1S/C24H29N7O2/c1-17-3-5-19(6-4-17)7-8-20-25-21(27-23-15-18(2)29-30-23)16-22(26-20)28-24(32)9-10-31-11-13-33-14-12-31/h3-8,15-16H,9-14H2,1-2H3,(H3,25,26,27,28,29,30,32)/b8-7+. The average Bonchev–Trinajstić information content (AvgIpc) is 3.22. The zero-order chi connectivity index (χ0) is 23.0. The summed E-state index contributed by atoms with van der Waals surface area (Å²) in [5.41, 5.74) is 3.18. The second-order valence-electron chi connectivity index (χ2n) is 8.05. The predicted molar refractivity (Wildman–Crippen MR) is 129 cm³/mol. The number of ether oxygens (including phenoxy) is 1. The number of H-pyrrole nitrogens is 1. The van der Waals surface area contributed by atoms with Crippen LogP contribution in [0.5, 0.6) is 0 Å². The van der Waals surface area contributed by atoms with E-state index in [1.807, 2.05) is 37.3 Å². The van der Waals surface area contributed by atoms with Crippen molar-refractivity contribution >= 4 is 35.5 Å². The van der Waals surface area contributed by atoms with Crippen molar-refractivity contribution in [2.24, 2.45) is 0 Å². The van der Waals surface area contributed by atoms with E-state index in [-0.39, 0.29) is 5.91 Å². The Morgan fingerprint density at radius 1 is 1.06 bits per heavy atom. The molecule has 9 heteroatoms. The van der Waals surface area contributed by atoms with Crippen LogP contribution < -0.4 is 10.6 Å². The summed E-state index contributed by atoms with van der Waals surface area (Å²) in [4.78, 5) is 23.9. The lowest BCUT2D eigenvalue weighted by atomic mass is 10.1. The maximum absolute atomic E-state index is 12.6. The molecule has 1 aliphatic rings. The van der Waals surface area contributed by atoms with Gasteiger partial charge in [0.25, 0.3) is 0 Å². The molecule has 1 aromatic carbocycles. The fraction of sp³-hybridized carbons (Fsp3) is 0.333. The van der Waals surface area contributed by atoms with Gasteiger partial charge in [0.05, 0.1) is 13.2 Å². The molecule has 3 aromatic rings. The molecule has 1 amide bonds. The number of hydrogen-bond donors (Lipinski definition) is 3. The van der Waals surface area contributed by atoms with Gasteiger partial charge in [0.15, 0.2) is 11.6 Å². The van der Waals surface area contributed by atoms with Crippen molar-refractivity contribution in [2.75, 3.05) is 43.5 Å². The minimum absolute atomic E-state index is 0.0878. The number of nitrogens with zero attached hydrogens (tertiary/aromatic N) is 4. The average molecular weight is 448 g/mol. The molecule has 3 N–H and O–H groups in total. The van der Waals surface area contributed by atoms with E-state index in [2.05, 4.69) is 54.8 Å². The fourth-order valence-corrected chi connectivity index (χ4v) is 3.42. The fourth-order valence-electron chi connectivity index (χ4n) is 3.42. The van der Waals surface area contributed by atoms with Gasteiger partial charge in [-0.25, -0.2) is 9.97 Å². The Morgan fingerprint density at radius 2 is 1.82 bits per heavy atom. The summed E-state index contributed by atoms with van der Waals surface area (Å²) in [5, 5.41) is 13.2. The van der Waals surface area contributed by atoms with Gasteiger partial charge in [-0.1, -0.05) is 35.9 Å². The first-order valence-corrected chi connectivity index (χ1v) is 11.1. The van der Waals surface area contributed by atoms with Crippen LogP contribution in [0.4, 0.5) is 17.5 Å². The van der Waals surface area contributed by atoms with Gasteiger partial charge in [0.2, 0.25) is 5.91 Å². The van der Waals surface area contributed by atoms with Gasteiger partial charge in [-0.05, 0) is 25.5 Å². The molecule has 0 radical (unpaired) electrons. The number of carbonyl (C=O) groups is 1. The van der Waals surface area contributed by atoms with Gasteiger partial charge in [-0.15, -0.1) is 0 Å². The van der Waals surface area contributed by atoms with E-state index in [9.17, 15) is 4.79 Å². The second kappa shape index (κ2) is 10.8. The lowest BCUT2D eigenvalue weighted by Gasteiger charge is -2.26. The number of rotatable bonds is 8. The predicted octanol–water partition coefficient (Wildman–Crippen LogP) is 3.39. The Bertz CT molecular complexity index is 1100. The number of aromatic amines is 1. The number of amides is 1. The van der Waals surface area contributed by atoms with E-state index in [1.54, 1.807) is 6.07 Å². The number of anilines is 3. The smallest absolute Gasteiger partial charge is 0.226 e. The van der Waals surface area contributed by atoms with Crippen LogP contribution in [0.3, 0.4) is 0 Å². The van der Waals surface area contributed by atoms with Crippen LogP contribution >= 0.6 is 0 Å². The summed E-state index contributed by atoms with van der Waals surface area (Å²) in [7, 11) is 0. The highest BCUT2D eigenvalue weighted by atomic mass is 16.5. The Hall–Kier alpha value is -3.56. The maximum Gasteiger partial charge on any atom is 0.226 e. The number of aromatic nitrogens is 4. The third-order valence-electron chi connectivity index (χ3n) is 5.23. The van der Waals surface area contributed by atoms with Crippen LogP contribution in [0.15, 0.2) is 36.4 Å². The largest absolute Gasteiger partial charge is 0.379 e. The first kappa shape index (κ1) is 22.6. The number of nitrogens with one attached hydrogen (secondary N) is 3. The highest BCUT2D eigenvalue weighted by Gasteiger charge is 2.13. The molecular formula is C24H29N7O2. The molecule has 4 rings (SSSR count). The van der Waals surface area contributed by atoms with E-state index >= 15 is 0 Å². The molecule has 1 fully saturated rings. The molecule has 0 atom stereocenters. The van der Waals surface area contributed by atoms with Gasteiger partial charge in [-0.3, -0.25) is 14.8 Å². The Labute approximate surface area is 193 Å². The van der Waals surface area contributed by atoms with E-state index in [0.717, 1.165) is 24.3 Å². The molecule has 9 nitrogen and oxygen atoms in total. The van der Waals surface area contributed by atoms with E-state index in [4.69, 9.17) is 4.74 Å². The lowest BCUT2D eigenvalue weighted by Crippen LogP contribution is -2.38. The maximum atomic E-state index is 12.6. The zero-order valence-electron chi connectivity index (χ0n) is 19.0. The van der Waals surface area contributed by atoms with Gasteiger partial charge >= 0.3 is 0 Å². The Morgan fingerprint density at radius 3 is 2.55 bits per heavy atom. The van der Waals surface area contributed by atoms with E-state index in [1.165, 1.54) is 5.56 Å². The molecule has 0 saturated carbocycles. The zero-order valence-corrected chi connectivity index (χ0v) is 19.0. The van der Waals surface area contributed by atoms with Crippen molar-refractivity contribution in [1.29, 1.82) is 0 Å². The van der Waals surface area contributed by atoms with Crippen LogP contribution in [0.25, 0.3) is 12.2 Å². The van der Waals surface area contributed by atoms with Crippen molar-refractivity contribution in [3.8, 4) is 0 Å². The molecule has 0 aliphatic carbocycles. The van der Waals surface area contributed by atoms with Crippen molar-refractivity contribution in [3.63, 3.8) is 0 Å². The highest BCUT2D eigenvalue weighted by Crippen LogP contribution is 2.18. The molecule has 0 bridgehead atoms. The number of hydrogen-bond acceptors (Lipinski definition) is 7. The normalized spacial score (nSPS) is 14.5. The summed E-state index contributed by atoms with van der Waals surface area (Å²) in [6.45, 7) is 7.80. The van der Waals surface area contributed by atoms with Gasteiger partial charge in [0, 0.05) is 43.9 Å². The first-order chi connectivity index (χ1) is 16.0. The second-order valence-corrected chi connectivity index (χ2v) is 8.05. The Kier molecular flexibility index (Phi) is 7.43. The number of benzene rings is 1. The van der Waals surface area contributed by atoms with Crippen LogP contribution in [-0.2, 0) is 9.53 Å². The monoisotopic (exact) mass is 447 g/mol. The van der Waals surface area contributed by atoms with Gasteiger partial charge < -0.3 is 15.4 Å². The van der Waals surface area contributed by atoms with Crippen LogP contribution in [0, 0.1) is 13.8 Å². The molecule has 0 unspecified atom stereocenters. The molecule has 0 spiro atoms. The van der Waals surface area contributed by atoms with Crippen LogP contribution in [0.1, 0.15) is 29.1 Å². The third kappa shape index (κ3) is 6.96. The Balaban J connectivity index is 1.48. The minimum Gasteiger partial charge on any atom is -0.379 e. The number of aryl methyl sites for hydroxylation is 2. The first-order valence-electron chi connectivity index (χ1n) is 11.1. The summed E-state index contributed by atoms with van der Waals surface area (Å²) in [6, 6.07) is 11.8. The quantitative estimate of drug-likeness (QED) is 0.486. The lowest BCUT2D eigenvalue weighted by molar-refractivity contribution is -0.116. The molecule has 172 valence electrons. The molecule has 3 heterocycles. The summed E-state index contributed by atoms with van der Waals surface area (Å²) in [6.07, 6.45) is 4.16. The van der Waals surface area contributed by atoms with Gasteiger partial charge in [0.1, 0.15) is 11.6 Å². The molecule has 33 heavy (non-hydrogen) atoms. The summed E-state index contributed by atoms with van der Waals surface area (Å²) in [5.74, 6) is 2.02. The molecule has 1 aliphatic heterocycles.